The van der Waals surface area contributed by atoms with E-state index in [1.165, 1.54) is 0 Å². The average Bonchev–Trinajstić information content (AvgIpc) is 2.66. The molecule has 1 aliphatic rings. The number of likely N-dealkylation sites (tertiary alicyclic amines) is 1. The summed E-state index contributed by atoms with van der Waals surface area (Å²) in [7, 11) is 0. The van der Waals surface area contributed by atoms with E-state index in [2.05, 4.69) is 12.0 Å². The first-order valence-electron chi connectivity index (χ1n) is 7.05. The van der Waals surface area contributed by atoms with E-state index < -0.39 is 0 Å². The third-order valence-corrected chi connectivity index (χ3v) is 4.75. The lowest BCUT2D eigenvalue weighted by Crippen LogP contribution is -2.50. The molecule has 0 aliphatic carbocycles. The van der Waals surface area contributed by atoms with Crippen LogP contribution in [-0.2, 0) is 11.3 Å². The molecule has 1 aromatic rings. The van der Waals surface area contributed by atoms with Crippen molar-refractivity contribution in [1.82, 2.24) is 14.7 Å². The maximum absolute atomic E-state index is 12.5. The van der Waals surface area contributed by atoms with Crippen LogP contribution >= 0.6 is 11.6 Å². The Hall–Kier alpha value is -1.07. The second-order valence-corrected chi connectivity index (χ2v) is 5.98. The van der Waals surface area contributed by atoms with Crippen LogP contribution in [0.5, 0.6) is 0 Å². The fourth-order valence-electron chi connectivity index (χ4n) is 2.89. The van der Waals surface area contributed by atoms with Gasteiger partial charge in [-0.3, -0.25) is 9.48 Å². The number of halogens is 1. The number of aryl methyl sites for hydroxylation is 1. The van der Waals surface area contributed by atoms with Gasteiger partial charge in [-0.15, -0.1) is 0 Å². The Balaban J connectivity index is 2.12. The molecular formula is C14H22ClN3O2. The third-order valence-electron chi connectivity index (χ3n) is 4.20. The Kier molecular flexibility index (Phi) is 4.70. The quantitative estimate of drug-likeness (QED) is 0.925. The normalized spacial score (nSPS) is 23.1. The van der Waals surface area contributed by atoms with Gasteiger partial charge in [-0.25, -0.2) is 0 Å². The topological polar surface area (TPSA) is 58.4 Å². The average molecular weight is 300 g/mol. The second-order valence-electron chi connectivity index (χ2n) is 5.60. The number of carbonyl (C=O) groups excluding carboxylic acids is 1. The predicted molar refractivity (Wildman–Crippen MR) is 77.7 cm³/mol. The Labute approximate surface area is 124 Å². The molecule has 2 rings (SSSR count). The molecule has 20 heavy (non-hydrogen) atoms. The summed E-state index contributed by atoms with van der Waals surface area (Å²) >= 11 is 6.10. The van der Waals surface area contributed by atoms with Gasteiger partial charge in [0.2, 0.25) is 5.91 Å². The van der Waals surface area contributed by atoms with Crippen LogP contribution < -0.4 is 0 Å². The van der Waals surface area contributed by atoms with Crippen LogP contribution in [0.25, 0.3) is 0 Å². The minimum absolute atomic E-state index is 0.00198. The molecule has 0 saturated carbocycles. The summed E-state index contributed by atoms with van der Waals surface area (Å²) in [5.74, 6) is 0.333. The van der Waals surface area contributed by atoms with Crippen LogP contribution in [0.3, 0.4) is 0 Å². The molecule has 2 atom stereocenters. The number of hydrogen-bond acceptors (Lipinski definition) is 3. The largest absolute Gasteiger partial charge is 0.394 e. The third kappa shape index (κ3) is 2.83. The fraction of sp³-hybridized carbons (Fsp3) is 0.714. The fourth-order valence-corrected chi connectivity index (χ4v) is 3.02. The van der Waals surface area contributed by atoms with Crippen LogP contribution in [0.4, 0.5) is 0 Å². The highest BCUT2D eigenvalue weighted by Gasteiger charge is 2.31. The van der Waals surface area contributed by atoms with Crippen molar-refractivity contribution in [2.24, 2.45) is 5.92 Å². The molecule has 112 valence electrons. The molecule has 0 radical (unpaired) electrons. The van der Waals surface area contributed by atoms with Crippen molar-refractivity contribution in [2.45, 2.75) is 46.2 Å². The van der Waals surface area contributed by atoms with Gasteiger partial charge in [-0.1, -0.05) is 18.5 Å². The van der Waals surface area contributed by atoms with Crippen LogP contribution in [0.15, 0.2) is 0 Å². The predicted octanol–water partition coefficient (Wildman–Crippen LogP) is 1.77. The molecule has 1 N–H and O–H groups in total. The first kappa shape index (κ1) is 15.3. The standard InChI is InChI=1S/C14H22ClN3O2/c1-9-5-4-6-17(12(9)8-19)13(20)7-18-11(3)14(15)10(2)16-18/h9,12,19H,4-8H2,1-3H3. The zero-order chi connectivity index (χ0) is 14.9. The van der Waals surface area contributed by atoms with Crippen molar-refractivity contribution >= 4 is 17.5 Å². The first-order valence-corrected chi connectivity index (χ1v) is 7.43. The highest BCUT2D eigenvalue weighted by Crippen LogP contribution is 2.24. The minimum Gasteiger partial charge on any atom is -0.394 e. The smallest absolute Gasteiger partial charge is 0.244 e. The molecule has 0 spiro atoms. The molecular weight excluding hydrogens is 278 g/mol. The first-order chi connectivity index (χ1) is 9.45. The molecule has 1 aliphatic heterocycles. The second kappa shape index (κ2) is 6.14. The highest BCUT2D eigenvalue weighted by molar-refractivity contribution is 6.31. The van der Waals surface area contributed by atoms with E-state index in [9.17, 15) is 9.90 Å². The van der Waals surface area contributed by atoms with Crippen LogP contribution in [-0.4, -0.2) is 44.9 Å². The van der Waals surface area contributed by atoms with E-state index in [4.69, 9.17) is 11.6 Å². The summed E-state index contributed by atoms with van der Waals surface area (Å²) in [6.45, 7) is 6.68. The van der Waals surface area contributed by atoms with Crippen molar-refractivity contribution in [3.05, 3.63) is 16.4 Å². The van der Waals surface area contributed by atoms with Crippen molar-refractivity contribution in [3.8, 4) is 0 Å². The number of carbonyl (C=O) groups is 1. The molecule has 0 aromatic carbocycles. The summed E-state index contributed by atoms with van der Waals surface area (Å²) in [5.41, 5.74) is 1.55. The van der Waals surface area contributed by atoms with E-state index in [1.54, 1.807) is 9.58 Å². The van der Waals surface area contributed by atoms with E-state index in [0.717, 1.165) is 24.2 Å². The van der Waals surface area contributed by atoms with Gasteiger partial charge in [-0.05, 0) is 32.6 Å². The number of rotatable bonds is 3. The van der Waals surface area contributed by atoms with E-state index in [1.807, 2.05) is 13.8 Å². The zero-order valence-electron chi connectivity index (χ0n) is 12.3. The molecule has 5 nitrogen and oxygen atoms in total. The Morgan fingerprint density at radius 3 is 2.75 bits per heavy atom. The summed E-state index contributed by atoms with van der Waals surface area (Å²) in [6.07, 6.45) is 2.04. The Morgan fingerprint density at radius 2 is 2.20 bits per heavy atom. The van der Waals surface area contributed by atoms with Crippen molar-refractivity contribution in [2.75, 3.05) is 13.2 Å². The molecule has 2 unspecified atom stereocenters. The Bertz CT molecular complexity index is 501. The highest BCUT2D eigenvalue weighted by atomic mass is 35.5. The molecule has 2 heterocycles. The van der Waals surface area contributed by atoms with E-state index in [0.29, 0.717) is 17.5 Å². The zero-order valence-corrected chi connectivity index (χ0v) is 13.0. The molecule has 1 saturated heterocycles. The van der Waals surface area contributed by atoms with Gasteiger partial charge in [0, 0.05) is 6.54 Å². The van der Waals surface area contributed by atoms with Crippen LogP contribution in [0.1, 0.15) is 31.2 Å². The maximum Gasteiger partial charge on any atom is 0.244 e. The summed E-state index contributed by atoms with van der Waals surface area (Å²) in [5, 5.41) is 14.4. The van der Waals surface area contributed by atoms with Gasteiger partial charge in [0.25, 0.3) is 0 Å². The van der Waals surface area contributed by atoms with Gasteiger partial charge >= 0.3 is 0 Å². The number of nitrogens with zero attached hydrogens (tertiary/aromatic N) is 3. The lowest BCUT2D eigenvalue weighted by molar-refractivity contribution is -0.138. The van der Waals surface area contributed by atoms with E-state index in [-0.39, 0.29) is 25.1 Å². The minimum atomic E-state index is -0.0799. The van der Waals surface area contributed by atoms with E-state index >= 15 is 0 Å². The van der Waals surface area contributed by atoms with Gasteiger partial charge in [-0.2, -0.15) is 5.10 Å². The maximum atomic E-state index is 12.5. The monoisotopic (exact) mass is 299 g/mol. The number of aliphatic hydroxyl groups is 1. The summed E-state index contributed by atoms with van der Waals surface area (Å²) in [4.78, 5) is 14.3. The molecule has 6 heteroatoms. The molecule has 1 aromatic heterocycles. The summed E-state index contributed by atoms with van der Waals surface area (Å²) < 4.78 is 1.65. The number of piperidine rings is 1. The van der Waals surface area contributed by atoms with Crippen LogP contribution in [0.2, 0.25) is 5.02 Å². The van der Waals surface area contributed by atoms with Gasteiger partial charge in [0.15, 0.2) is 0 Å². The van der Waals surface area contributed by atoms with Gasteiger partial charge in [0.1, 0.15) is 6.54 Å². The number of aromatic nitrogens is 2. The SMILES string of the molecule is Cc1nn(CC(=O)N2CCCC(C)C2CO)c(C)c1Cl. The van der Waals surface area contributed by atoms with Crippen molar-refractivity contribution in [3.63, 3.8) is 0 Å². The molecule has 1 amide bonds. The number of aliphatic hydroxyl groups excluding tert-OH is 1. The van der Waals surface area contributed by atoms with Crippen molar-refractivity contribution in [1.29, 1.82) is 0 Å². The van der Waals surface area contributed by atoms with Crippen molar-refractivity contribution < 1.29 is 9.90 Å². The lowest BCUT2D eigenvalue weighted by atomic mass is 9.91. The van der Waals surface area contributed by atoms with Gasteiger partial charge < -0.3 is 10.0 Å². The number of amides is 1. The molecule has 1 fully saturated rings. The summed E-state index contributed by atoms with van der Waals surface area (Å²) in [6, 6.07) is -0.0799. The number of hydrogen-bond donors (Lipinski definition) is 1. The molecule has 0 bridgehead atoms. The van der Waals surface area contributed by atoms with Gasteiger partial charge in [0.05, 0.1) is 29.1 Å². The Morgan fingerprint density at radius 1 is 1.50 bits per heavy atom. The van der Waals surface area contributed by atoms with Crippen LogP contribution in [0, 0.1) is 19.8 Å². The lowest BCUT2D eigenvalue weighted by Gasteiger charge is -2.39.